The Kier molecular flexibility index (Phi) is 7.22. The fourth-order valence-electron chi connectivity index (χ4n) is 3.88. The minimum Gasteiger partial charge on any atom is -0.496 e. The zero-order valence-corrected chi connectivity index (χ0v) is 17.8. The van der Waals surface area contributed by atoms with E-state index in [-0.39, 0.29) is 0 Å². The highest BCUT2D eigenvalue weighted by atomic mass is 16.5. The summed E-state index contributed by atoms with van der Waals surface area (Å²) < 4.78 is 16.3. The van der Waals surface area contributed by atoms with E-state index in [1.54, 1.807) is 21.3 Å². The normalized spacial score (nSPS) is 16.6. The first-order valence-electron chi connectivity index (χ1n) is 9.96. The summed E-state index contributed by atoms with van der Waals surface area (Å²) in [6.45, 7) is 2.62. The maximum Gasteiger partial charge on any atom is 0.193 e. The van der Waals surface area contributed by atoms with E-state index in [1.165, 1.54) is 12.0 Å². The van der Waals surface area contributed by atoms with Crippen LogP contribution in [0.15, 0.2) is 47.5 Å². The van der Waals surface area contributed by atoms with E-state index in [4.69, 9.17) is 14.2 Å². The second-order valence-electron chi connectivity index (χ2n) is 7.21. The van der Waals surface area contributed by atoms with E-state index in [1.807, 2.05) is 19.2 Å². The van der Waals surface area contributed by atoms with Gasteiger partial charge >= 0.3 is 0 Å². The van der Waals surface area contributed by atoms with E-state index in [9.17, 15) is 0 Å². The fourth-order valence-corrected chi connectivity index (χ4v) is 3.88. The number of aliphatic imine (C=N–C) groups is 1. The third kappa shape index (κ3) is 5.13. The lowest BCUT2D eigenvalue weighted by molar-refractivity contribution is 0.347. The van der Waals surface area contributed by atoms with Gasteiger partial charge in [-0.15, -0.1) is 0 Å². The molecule has 1 fully saturated rings. The number of benzene rings is 2. The number of nitrogens with one attached hydrogen (secondary N) is 1. The molecular formula is C23H31N3O3. The molecule has 3 rings (SSSR count). The molecule has 1 unspecified atom stereocenters. The van der Waals surface area contributed by atoms with E-state index in [0.717, 1.165) is 36.8 Å². The standard InChI is InChI=1S/C23H31N3O3/c1-24-23(26-11-10-18(16-26)12-17-8-6-5-7-9-17)25-15-19-13-21(28-3)22(29-4)14-20(19)27-2/h5-9,13-14,18H,10-12,15-16H2,1-4H3,(H,24,25). The molecule has 0 saturated carbocycles. The summed E-state index contributed by atoms with van der Waals surface area (Å²) in [6.07, 6.45) is 2.28. The van der Waals surface area contributed by atoms with Gasteiger partial charge in [-0.3, -0.25) is 4.99 Å². The molecule has 156 valence electrons. The van der Waals surface area contributed by atoms with Crippen LogP contribution < -0.4 is 19.5 Å². The lowest BCUT2D eigenvalue weighted by Crippen LogP contribution is -2.39. The van der Waals surface area contributed by atoms with Crippen LogP contribution in [0.4, 0.5) is 0 Å². The van der Waals surface area contributed by atoms with Crippen molar-refractivity contribution < 1.29 is 14.2 Å². The minimum atomic E-state index is 0.593. The third-order valence-electron chi connectivity index (χ3n) is 5.39. The SMILES string of the molecule is CN=C(NCc1cc(OC)c(OC)cc1OC)N1CCC(Cc2ccccc2)C1. The van der Waals surface area contributed by atoms with Crippen molar-refractivity contribution in [2.75, 3.05) is 41.5 Å². The number of guanidine groups is 1. The van der Waals surface area contributed by atoms with E-state index >= 15 is 0 Å². The van der Waals surface area contributed by atoms with Crippen LogP contribution in [0.1, 0.15) is 17.5 Å². The molecule has 0 amide bonds. The summed E-state index contributed by atoms with van der Waals surface area (Å²) in [5.41, 5.74) is 2.39. The Morgan fingerprint density at radius 3 is 2.38 bits per heavy atom. The van der Waals surface area contributed by atoms with Crippen molar-refractivity contribution in [2.45, 2.75) is 19.4 Å². The van der Waals surface area contributed by atoms with Crippen LogP contribution in [0.5, 0.6) is 17.2 Å². The first-order valence-corrected chi connectivity index (χ1v) is 9.96. The van der Waals surface area contributed by atoms with Crippen molar-refractivity contribution in [1.29, 1.82) is 0 Å². The first-order chi connectivity index (χ1) is 14.2. The molecule has 0 radical (unpaired) electrons. The van der Waals surface area contributed by atoms with Crippen LogP contribution in [0.3, 0.4) is 0 Å². The molecule has 29 heavy (non-hydrogen) atoms. The van der Waals surface area contributed by atoms with Crippen molar-refractivity contribution >= 4 is 5.96 Å². The van der Waals surface area contributed by atoms with E-state index < -0.39 is 0 Å². The molecule has 1 aliphatic rings. The number of hydrogen-bond donors (Lipinski definition) is 1. The second kappa shape index (κ2) is 10.0. The molecule has 1 saturated heterocycles. The molecule has 6 heteroatoms. The zero-order valence-electron chi connectivity index (χ0n) is 17.8. The Bertz CT molecular complexity index is 824. The lowest BCUT2D eigenvalue weighted by Gasteiger charge is -2.22. The Hall–Kier alpha value is -2.89. The molecule has 1 N–H and O–H groups in total. The van der Waals surface area contributed by atoms with Crippen molar-refractivity contribution in [3.05, 3.63) is 53.6 Å². The van der Waals surface area contributed by atoms with Crippen LogP contribution in [-0.2, 0) is 13.0 Å². The van der Waals surface area contributed by atoms with E-state index in [2.05, 4.69) is 45.5 Å². The van der Waals surface area contributed by atoms with E-state index in [0.29, 0.717) is 24.0 Å². The number of nitrogens with zero attached hydrogens (tertiary/aromatic N) is 2. The van der Waals surface area contributed by atoms with Gasteiger partial charge < -0.3 is 24.4 Å². The molecule has 2 aromatic carbocycles. The number of likely N-dealkylation sites (tertiary alicyclic amines) is 1. The summed E-state index contributed by atoms with van der Waals surface area (Å²) in [5.74, 6) is 3.66. The van der Waals surface area contributed by atoms with Gasteiger partial charge in [0, 0.05) is 38.3 Å². The highest BCUT2D eigenvalue weighted by Gasteiger charge is 2.25. The van der Waals surface area contributed by atoms with Crippen molar-refractivity contribution in [3.8, 4) is 17.2 Å². The average molecular weight is 398 g/mol. The predicted octanol–water partition coefficient (Wildman–Crippen LogP) is 3.35. The Morgan fingerprint density at radius 2 is 1.72 bits per heavy atom. The smallest absolute Gasteiger partial charge is 0.193 e. The molecule has 0 aromatic heterocycles. The Balaban J connectivity index is 1.62. The molecular weight excluding hydrogens is 366 g/mol. The first kappa shape index (κ1) is 20.8. The molecule has 1 aliphatic heterocycles. The molecule has 2 aromatic rings. The van der Waals surface area contributed by atoms with Crippen LogP contribution >= 0.6 is 0 Å². The molecule has 0 spiro atoms. The second-order valence-corrected chi connectivity index (χ2v) is 7.21. The summed E-state index contributed by atoms with van der Waals surface area (Å²) in [7, 11) is 6.75. The van der Waals surface area contributed by atoms with Crippen LogP contribution in [0.25, 0.3) is 0 Å². The van der Waals surface area contributed by atoms with Gasteiger partial charge in [0.05, 0.1) is 21.3 Å². The number of rotatable bonds is 7. The molecule has 6 nitrogen and oxygen atoms in total. The van der Waals surface area contributed by atoms with Crippen molar-refractivity contribution in [3.63, 3.8) is 0 Å². The number of hydrogen-bond acceptors (Lipinski definition) is 4. The Labute approximate surface area is 173 Å². The summed E-state index contributed by atoms with van der Waals surface area (Å²) >= 11 is 0. The predicted molar refractivity (Wildman–Crippen MR) is 116 cm³/mol. The van der Waals surface area contributed by atoms with Crippen molar-refractivity contribution in [2.24, 2.45) is 10.9 Å². The van der Waals surface area contributed by atoms with Gasteiger partial charge in [-0.2, -0.15) is 0 Å². The van der Waals surface area contributed by atoms with Gasteiger partial charge in [0.15, 0.2) is 17.5 Å². The van der Waals surface area contributed by atoms with Gasteiger partial charge in [-0.1, -0.05) is 30.3 Å². The third-order valence-corrected chi connectivity index (χ3v) is 5.39. The number of ether oxygens (including phenoxy) is 3. The van der Waals surface area contributed by atoms with Crippen LogP contribution in [0, 0.1) is 5.92 Å². The summed E-state index contributed by atoms with van der Waals surface area (Å²) in [5, 5.41) is 3.48. The summed E-state index contributed by atoms with van der Waals surface area (Å²) in [6, 6.07) is 14.5. The lowest BCUT2D eigenvalue weighted by atomic mass is 9.99. The zero-order chi connectivity index (χ0) is 20.6. The molecule has 1 atom stereocenters. The van der Waals surface area contributed by atoms with Gasteiger partial charge in [-0.25, -0.2) is 0 Å². The monoisotopic (exact) mass is 397 g/mol. The highest BCUT2D eigenvalue weighted by Crippen LogP contribution is 2.34. The molecule has 1 heterocycles. The highest BCUT2D eigenvalue weighted by molar-refractivity contribution is 5.80. The van der Waals surface area contributed by atoms with Crippen molar-refractivity contribution in [1.82, 2.24) is 10.2 Å². The maximum atomic E-state index is 5.53. The van der Waals surface area contributed by atoms with Gasteiger partial charge in [0.1, 0.15) is 5.75 Å². The maximum absolute atomic E-state index is 5.53. The minimum absolute atomic E-state index is 0.593. The average Bonchev–Trinajstić information content (AvgIpc) is 3.22. The van der Waals surface area contributed by atoms with Gasteiger partial charge in [0.2, 0.25) is 0 Å². The molecule has 0 bridgehead atoms. The summed E-state index contributed by atoms with van der Waals surface area (Å²) in [4.78, 5) is 6.83. The van der Waals surface area contributed by atoms with Gasteiger partial charge in [-0.05, 0) is 30.4 Å². The van der Waals surface area contributed by atoms with Crippen LogP contribution in [0.2, 0.25) is 0 Å². The quantitative estimate of drug-likeness (QED) is 0.574. The number of methoxy groups -OCH3 is 3. The van der Waals surface area contributed by atoms with Gasteiger partial charge in [0.25, 0.3) is 0 Å². The fraction of sp³-hybridized carbons (Fsp3) is 0.435. The van der Waals surface area contributed by atoms with Crippen LogP contribution in [-0.4, -0.2) is 52.3 Å². The largest absolute Gasteiger partial charge is 0.496 e. The molecule has 0 aliphatic carbocycles. The Morgan fingerprint density at radius 1 is 1.03 bits per heavy atom. The topological polar surface area (TPSA) is 55.3 Å².